The molecule has 3 aliphatic heterocycles. The lowest BCUT2D eigenvalue weighted by Gasteiger charge is -2.73. The second-order valence-corrected chi connectivity index (χ2v) is 19.8. The van der Waals surface area contributed by atoms with Crippen molar-refractivity contribution in [2.45, 2.75) is 172 Å². The van der Waals surface area contributed by atoms with Crippen LogP contribution < -0.4 is 10.9 Å². The molecule has 5 N–H and O–H groups in total. The van der Waals surface area contributed by atoms with Crippen molar-refractivity contribution in [3.8, 4) is 11.8 Å². The summed E-state index contributed by atoms with van der Waals surface area (Å²) in [5.41, 5.74) is 2.40. The van der Waals surface area contributed by atoms with Crippen LogP contribution >= 0.6 is 0 Å². The molecule has 0 unspecified atom stereocenters. The molecule has 4 saturated carbocycles. The molecule has 7 aliphatic rings. The minimum absolute atomic E-state index is 0.113. The molecule has 0 aromatic heterocycles. The summed E-state index contributed by atoms with van der Waals surface area (Å²) >= 11 is 0. The molecule has 4 aliphatic carbocycles. The van der Waals surface area contributed by atoms with Crippen molar-refractivity contribution in [2.24, 2.45) is 39.4 Å². The second-order valence-electron chi connectivity index (χ2n) is 19.8. The summed E-state index contributed by atoms with van der Waals surface area (Å²) in [6.07, 6.45) is 12.9. The Hall–Kier alpha value is -2.74. The molecule has 11 atom stereocenters. The number of nitrogens with one attached hydrogen (secondary N) is 2. The zero-order chi connectivity index (χ0) is 39.4. The van der Waals surface area contributed by atoms with Crippen LogP contribution in [0.2, 0.25) is 0 Å². The van der Waals surface area contributed by atoms with Crippen molar-refractivity contribution in [1.82, 2.24) is 10.9 Å². The third-order valence-corrected chi connectivity index (χ3v) is 16.5. The van der Waals surface area contributed by atoms with E-state index in [4.69, 9.17) is 9.47 Å². The second kappa shape index (κ2) is 15.1. The quantitative estimate of drug-likeness (QED) is 0.121. The smallest absolute Gasteiger partial charge is 0.331 e. The number of hydrazine groups is 1. The Morgan fingerprint density at radius 1 is 0.964 bits per heavy atom. The zero-order valence-corrected chi connectivity index (χ0v) is 34.0. The van der Waals surface area contributed by atoms with Crippen LogP contribution in [-0.2, 0) is 25.5 Å². The Kier molecular flexibility index (Phi) is 10.8. The van der Waals surface area contributed by atoms with Crippen molar-refractivity contribution < 1.29 is 34.4 Å². The number of aliphatic hydroxyl groups is 3. The van der Waals surface area contributed by atoms with Crippen LogP contribution in [0.1, 0.15) is 142 Å². The van der Waals surface area contributed by atoms with E-state index in [0.717, 1.165) is 63.4 Å². The molecule has 1 aromatic carbocycles. The maximum atomic E-state index is 15.0. The van der Waals surface area contributed by atoms with Gasteiger partial charge in [0.05, 0.1) is 34.1 Å². The zero-order valence-electron chi connectivity index (χ0n) is 34.0. The molecule has 9 nitrogen and oxygen atoms in total. The van der Waals surface area contributed by atoms with Gasteiger partial charge >= 0.3 is 11.9 Å². The van der Waals surface area contributed by atoms with Crippen molar-refractivity contribution in [3.63, 3.8) is 0 Å². The molecule has 8 rings (SSSR count). The summed E-state index contributed by atoms with van der Waals surface area (Å²) in [5.74, 6) is 6.30. The van der Waals surface area contributed by atoms with E-state index in [9.17, 15) is 20.1 Å². The molecular formula is C47H66N2O7. The van der Waals surface area contributed by atoms with Crippen molar-refractivity contribution in [1.29, 1.82) is 0 Å². The monoisotopic (exact) mass is 770 g/mol. The molecule has 9 heteroatoms. The van der Waals surface area contributed by atoms with E-state index in [0.29, 0.717) is 57.3 Å². The fourth-order valence-electron chi connectivity index (χ4n) is 13.7. The predicted molar refractivity (Wildman–Crippen MR) is 213 cm³/mol. The summed E-state index contributed by atoms with van der Waals surface area (Å²) < 4.78 is 12.5. The number of fused-ring (bicyclic) bond motifs is 3. The van der Waals surface area contributed by atoms with Gasteiger partial charge in [-0.25, -0.2) is 10.2 Å². The Balaban J connectivity index is 1.26. The van der Waals surface area contributed by atoms with Gasteiger partial charge in [-0.05, 0) is 112 Å². The van der Waals surface area contributed by atoms with Gasteiger partial charge < -0.3 is 24.8 Å². The standard InChI is InChI=1S/C47H66N2O7/c1-32(13-10-16-33-14-6-4-7-15-33)19-20-37(50)47-38(51)22-27-43(3)35-17-11-18-36(35)48-49-45(40(43)47)31-42(2,46(47,54)28-21-34-29-39(52)55-30-34)23-12-26-44(41(53)56-45)24-8-5-9-25-44/h4,6-7,14-15,29,32,35-38,40,48-51,54H,5,8-11,13,16-22,24-28,30-31H2,1-3H3/t32-,35-,36+,37+,38+,40-,42+,43+,45-,46-,47+/m1/s1. The summed E-state index contributed by atoms with van der Waals surface area (Å²) in [4.78, 5) is 27.3. The lowest BCUT2D eigenvalue weighted by molar-refractivity contribution is -0.363. The van der Waals surface area contributed by atoms with Gasteiger partial charge in [0.2, 0.25) is 0 Å². The van der Waals surface area contributed by atoms with Crippen molar-refractivity contribution in [3.05, 3.63) is 47.5 Å². The van der Waals surface area contributed by atoms with Crippen LogP contribution in [0, 0.1) is 51.3 Å². The summed E-state index contributed by atoms with van der Waals surface area (Å²) in [7, 11) is 0. The van der Waals surface area contributed by atoms with Gasteiger partial charge in [-0.3, -0.25) is 10.2 Å². The van der Waals surface area contributed by atoms with E-state index in [1.165, 1.54) is 11.6 Å². The van der Waals surface area contributed by atoms with Crippen LogP contribution in [0.5, 0.6) is 0 Å². The lowest BCUT2D eigenvalue weighted by atomic mass is 9.34. The molecule has 2 spiro atoms. The van der Waals surface area contributed by atoms with Gasteiger partial charge in [0.1, 0.15) is 6.61 Å². The molecule has 2 bridgehead atoms. The third-order valence-electron chi connectivity index (χ3n) is 16.5. The van der Waals surface area contributed by atoms with Crippen LogP contribution in [-0.4, -0.2) is 63.4 Å². The van der Waals surface area contributed by atoms with E-state index in [1.54, 1.807) is 0 Å². The van der Waals surface area contributed by atoms with Crippen LogP contribution in [0.3, 0.4) is 0 Å². The fourth-order valence-corrected chi connectivity index (χ4v) is 13.7. The minimum Gasteiger partial charge on any atom is -0.458 e. The lowest BCUT2D eigenvalue weighted by Crippen LogP contribution is -2.84. The van der Waals surface area contributed by atoms with E-state index in [2.05, 4.69) is 60.8 Å². The Morgan fingerprint density at radius 2 is 1.75 bits per heavy atom. The highest BCUT2D eigenvalue weighted by Crippen LogP contribution is 2.74. The Bertz CT molecular complexity index is 1730. The van der Waals surface area contributed by atoms with Gasteiger partial charge in [0.25, 0.3) is 0 Å². The highest BCUT2D eigenvalue weighted by atomic mass is 16.6. The van der Waals surface area contributed by atoms with Gasteiger partial charge in [-0.2, -0.15) is 0 Å². The molecule has 0 amide bonds. The molecule has 3 heterocycles. The maximum absolute atomic E-state index is 15.0. The topological polar surface area (TPSA) is 137 Å². The van der Waals surface area contributed by atoms with E-state index in [1.807, 2.05) is 13.0 Å². The van der Waals surface area contributed by atoms with Crippen molar-refractivity contribution >= 4 is 11.9 Å². The number of ether oxygens (including phenoxy) is 2. The number of esters is 2. The van der Waals surface area contributed by atoms with E-state index >= 15 is 4.79 Å². The average Bonchev–Trinajstić information content (AvgIpc) is 3.83. The van der Waals surface area contributed by atoms with Crippen LogP contribution in [0.4, 0.5) is 0 Å². The number of carbonyl (C=O) groups is 2. The number of carbonyl (C=O) groups excluding carboxylic acids is 2. The number of benzene rings is 1. The molecule has 306 valence electrons. The number of hydrogen-bond donors (Lipinski definition) is 5. The molecule has 1 aromatic rings. The number of cyclic esters (lactones) is 1. The van der Waals surface area contributed by atoms with Gasteiger partial charge in [-0.15, -0.1) is 5.92 Å². The van der Waals surface area contributed by atoms with Crippen molar-refractivity contribution in [2.75, 3.05) is 6.61 Å². The normalized spacial score (nSPS) is 40.9. The van der Waals surface area contributed by atoms with E-state index in [-0.39, 0.29) is 43.3 Å². The first kappa shape index (κ1) is 40.1. The average molecular weight is 771 g/mol. The first-order valence-electron chi connectivity index (χ1n) is 22.1. The summed E-state index contributed by atoms with van der Waals surface area (Å²) in [5, 5.41) is 40.5. The van der Waals surface area contributed by atoms with Crippen LogP contribution in [0.15, 0.2) is 42.0 Å². The summed E-state index contributed by atoms with van der Waals surface area (Å²) in [6.45, 7) is 6.67. The van der Waals surface area contributed by atoms with E-state index < -0.39 is 51.1 Å². The number of rotatable bonds is 11. The van der Waals surface area contributed by atoms with Gasteiger partial charge in [-0.1, -0.05) is 82.2 Å². The number of hydrogen-bond acceptors (Lipinski definition) is 9. The largest absolute Gasteiger partial charge is 0.458 e. The highest BCUT2D eigenvalue weighted by molar-refractivity contribution is 5.85. The first-order chi connectivity index (χ1) is 26.8. The summed E-state index contributed by atoms with van der Waals surface area (Å²) in [6, 6.07) is 10.6. The molecule has 1 saturated heterocycles. The third kappa shape index (κ3) is 6.40. The van der Waals surface area contributed by atoms with Gasteiger partial charge in [0.15, 0.2) is 5.72 Å². The molecular weight excluding hydrogens is 705 g/mol. The molecule has 56 heavy (non-hydrogen) atoms. The van der Waals surface area contributed by atoms with Crippen LogP contribution in [0.25, 0.3) is 0 Å². The SMILES string of the molecule is C[C@H](CCCc1ccccc1)CC[C@H](O)[C@@]12[C@@H](O)CC[C@@]3(C)[C@@H]4CCC[C@@H]4NN[C@@]4(C[C@](C)(C#CCC5(CCCCC5)C(=O)O4)[C@]1(O)CCC1=CC(=O)OC1)[C@@H]32. The highest BCUT2D eigenvalue weighted by Gasteiger charge is 2.82. The molecule has 0 radical (unpaired) electrons. The predicted octanol–water partition coefficient (Wildman–Crippen LogP) is 6.83. The Labute approximate surface area is 334 Å². The van der Waals surface area contributed by atoms with Gasteiger partial charge in [0, 0.05) is 30.9 Å². The number of aryl methyl sites for hydroxylation is 1. The number of aliphatic hydroxyl groups excluding tert-OH is 2. The minimum atomic E-state index is -1.73. The first-order valence-corrected chi connectivity index (χ1v) is 22.1. The molecule has 5 fully saturated rings. The Morgan fingerprint density at radius 3 is 2.50 bits per heavy atom. The fraction of sp³-hybridized carbons (Fsp3) is 0.745. The maximum Gasteiger partial charge on any atom is 0.331 e.